The molecule has 8 heteroatoms. The summed E-state index contributed by atoms with van der Waals surface area (Å²) in [7, 11) is 0. The van der Waals surface area contributed by atoms with E-state index in [4.69, 9.17) is 31.2 Å². The summed E-state index contributed by atoms with van der Waals surface area (Å²) in [6.07, 6.45) is 0.170. The largest absolute Gasteiger partial charge is 0.494 e. The van der Waals surface area contributed by atoms with Gasteiger partial charge in [-0.25, -0.2) is 4.99 Å². The van der Waals surface area contributed by atoms with Crippen molar-refractivity contribution in [2.24, 2.45) is 4.99 Å². The number of ether oxygens (including phenoxy) is 2. The number of nitrogens with zero attached hydrogens (tertiary/aromatic N) is 1. The third-order valence-electron chi connectivity index (χ3n) is 6.95. The lowest BCUT2D eigenvalue weighted by Gasteiger charge is -2.31. The summed E-state index contributed by atoms with van der Waals surface area (Å²) in [5, 5.41) is 12.7. The lowest BCUT2D eigenvalue weighted by atomic mass is 9.82. The van der Waals surface area contributed by atoms with Crippen LogP contribution in [-0.4, -0.2) is 35.7 Å². The van der Waals surface area contributed by atoms with E-state index in [9.17, 15) is 4.79 Å². The summed E-state index contributed by atoms with van der Waals surface area (Å²) in [6, 6.07) is 32.4. The summed E-state index contributed by atoms with van der Waals surface area (Å²) in [6.45, 7) is 0.744. The number of benzene rings is 4. The van der Waals surface area contributed by atoms with E-state index >= 15 is 0 Å². The molecule has 2 N–H and O–H groups in total. The average molecular weight is 634 g/mol. The van der Waals surface area contributed by atoms with Crippen LogP contribution in [0.25, 0.3) is 0 Å². The number of aliphatic hydroxyl groups is 1. The second-order valence-corrected chi connectivity index (χ2v) is 11.0. The Labute approximate surface area is 253 Å². The standard InChI is InChI=1S/C33H30BrClN2O4/c34-28-13-6-4-11-25(28)21-33(32(39)36-22-26-12-5-7-14-29(26)35)30(23-9-2-1-3-10-23)41-31(37-33)24-15-17-27(18-16-24)40-20-8-19-38/h1-7,9-18,30,38H,8,19-22H2,(H,36,39)/t30-,33-/m1/s1. The molecule has 2 atom stereocenters. The van der Waals surface area contributed by atoms with Crippen molar-refractivity contribution >= 4 is 39.3 Å². The van der Waals surface area contributed by atoms with Crippen LogP contribution < -0.4 is 10.1 Å². The Balaban J connectivity index is 1.55. The molecule has 0 bridgehead atoms. The van der Waals surface area contributed by atoms with E-state index in [1.54, 1.807) is 6.07 Å². The lowest BCUT2D eigenvalue weighted by molar-refractivity contribution is -0.129. The fourth-order valence-corrected chi connectivity index (χ4v) is 5.44. The molecule has 5 rings (SSSR count). The number of carbonyl (C=O) groups excluding carboxylic acids is 1. The molecule has 0 saturated heterocycles. The predicted molar refractivity (Wildman–Crippen MR) is 164 cm³/mol. The van der Waals surface area contributed by atoms with Gasteiger partial charge in [0, 0.05) is 41.1 Å². The first kappa shape index (κ1) is 28.9. The molecule has 4 aromatic rings. The number of aliphatic imine (C=N–C) groups is 1. The van der Waals surface area contributed by atoms with Gasteiger partial charge in [-0.3, -0.25) is 4.79 Å². The summed E-state index contributed by atoms with van der Waals surface area (Å²) < 4.78 is 13.1. The van der Waals surface area contributed by atoms with Crippen LogP contribution in [0.1, 0.15) is 34.8 Å². The average Bonchev–Trinajstić information content (AvgIpc) is 3.39. The van der Waals surface area contributed by atoms with E-state index in [1.807, 2.05) is 97.1 Å². The Morgan fingerprint density at radius 3 is 2.34 bits per heavy atom. The van der Waals surface area contributed by atoms with Gasteiger partial charge < -0.3 is 19.9 Å². The molecule has 0 unspecified atom stereocenters. The van der Waals surface area contributed by atoms with E-state index in [0.717, 1.165) is 26.7 Å². The molecule has 0 saturated carbocycles. The van der Waals surface area contributed by atoms with E-state index in [-0.39, 0.29) is 19.1 Å². The van der Waals surface area contributed by atoms with Gasteiger partial charge in [0.25, 0.3) is 5.91 Å². The Morgan fingerprint density at radius 1 is 0.951 bits per heavy atom. The first-order valence-electron chi connectivity index (χ1n) is 13.4. The number of hydrogen-bond acceptors (Lipinski definition) is 5. The number of carbonyl (C=O) groups is 1. The molecule has 1 amide bonds. The predicted octanol–water partition coefficient (Wildman–Crippen LogP) is 6.68. The summed E-state index contributed by atoms with van der Waals surface area (Å²) in [5.74, 6) is 0.791. The van der Waals surface area contributed by atoms with E-state index in [2.05, 4.69) is 21.2 Å². The molecular formula is C33H30BrClN2O4. The monoisotopic (exact) mass is 632 g/mol. The van der Waals surface area contributed by atoms with Crippen molar-refractivity contribution in [3.8, 4) is 5.75 Å². The number of halogens is 2. The quantitative estimate of drug-likeness (QED) is 0.181. The van der Waals surface area contributed by atoms with E-state index in [0.29, 0.717) is 36.1 Å². The summed E-state index contributed by atoms with van der Waals surface area (Å²) in [5.41, 5.74) is 2.01. The Morgan fingerprint density at radius 2 is 1.63 bits per heavy atom. The van der Waals surface area contributed by atoms with Gasteiger partial charge in [-0.1, -0.05) is 94.3 Å². The second-order valence-electron chi connectivity index (χ2n) is 9.74. The molecule has 0 fully saturated rings. The van der Waals surface area contributed by atoms with Crippen LogP contribution in [0.3, 0.4) is 0 Å². The fourth-order valence-electron chi connectivity index (χ4n) is 4.81. The molecule has 6 nitrogen and oxygen atoms in total. The van der Waals surface area contributed by atoms with Crippen LogP contribution in [0.5, 0.6) is 5.75 Å². The van der Waals surface area contributed by atoms with Crippen LogP contribution in [-0.2, 0) is 22.5 Å². The molecule has 0 aromatic heterocycles. The number of rotatable bonds is 11. The van der Waals surface area contributed by atoms with E-state index in [1.165, 1.54) is 0 Å². The first-order chi connectivity index (χ1) is 20.0. The molecular weight excluding hydrogens is 604 g/mol. The second kappa shape index (κ2) is 13.3. The van der Waals surface area contributed by atoms with Gasteiger partial charge in [-0.2, -0.15) is 0 Å². The zero-order chi connectivity index (χ0) is 28.7. The van der Waals surface area contributed by atoms with Gasteiger partial charge >= 0.3 is 0 Å². The maximum atomic E-state index is 14.3. The third-order valence-corrected chi connectivity index (χ3v) is 8.09. The molecule has 1 aliphatic rings. The minimum atomic E-state index is -1.31. The molecule has 0 aliphatic carbocycles. The van der Waals surface area contributed by atoms with Gasteiger partial charge in [0.2, 0.25) is 5.90 Å². The van der Waals surface area contributed by atoms with Crippen LogP contribution in [0.2, 0.25) is 5.02 Å². The van der Waals surface area contributed by atoms with Crippen LogP contribution in [0.4, 0.5) is 0 Å². The van der Waals surface area contributed by atoms with Crippen molar-refractivity contribution in [2.75, 3.05) is 13.2 Å². The van der Waals surface area contributed by atoms with Crippen molar-refractivity contribution < 1.29 is 19.4 Å². The van der Waals surface area contributed by atoms with Gasteiger partial charge in [-0.15, -0.1) is 0 Å². The van der Waals surface area contributed by atoms with Crippen molar-refractivity contribution in [1.82, 2.24) is 5.32 Å². The van der Waals surface area contributed by atoms with Crippen molar-refractivity contribution in [2.45, 2.75) is 31.0 Å². The van der Waals surface area contributed by atoms with Crippen LogP contribution >= 0.6 is 27.5 Å². The molecule has 0 radical (unpaired) electrons. The molecule has 0 spiro atoms. The number of hydrogen-bond donors (Lipinski definition) is 2. The number of amides is 1. The maximum Gasteiger partial charge on any atom is 0.252 e. The molecule has 1 heterocycles. The van der Waals surface area contributed by atoms with Gasteiger partial charge in [0.1, 0.15) is 5.75 Å². The van der Waals surface area contributed by atoms with Gasteiger partial charge in [0.05, 0.1) is 6.61 Å². The highest BCUT2D eigenvalue weighted by Gasteiger charge is 2.53. The maximum absolute atomic E-state index is 14.3. The number of aliphatic hydroxyl groups excluding tert-OH is 1. The lowest BCUT2D eigenvalue weighted by Crippen LogP contribution is -2.49. The Kier molecular flexibility index (Phi) is 9.39. The highest BCUT2D eigenvalue weighted by molar-refractivity contribution is 9.10. The van der Waals surface area contributed by atoms with Gasteiger partial charge in [-0.05, 0) is 53.1 Å². The summed E-state index contributed by atoms with van der Waals surface area (Å²) >= 11 is 10.1. The molecule has 210 valence electrons. The zero-order valence-corrected chi connectivity index (χ0v) is 24.6. The SMILES string of the molecule is O=C(NCc1ccccc1Cl)[C@]1(Cc2ccccc2Br)N=C(c2ccc(OCCCO)cc2)O[C@@H]1c1ccccc1. The zero-order valence-electron chi connectivity index (χ0n) is 22.3. The van der Waals surface area contributed by atoms with Crippen molar-refractivity contribution in [3.63, 3.8) is 0 Å². The first-order valence-corrected chi connectivity index (χ1v) is 14.6. The Hall–Kier alpha value is -3.65. The van der Waals surface area contributed by atoms with Crippen molar-refractivity contribution in [1.29, 1.82) is 0 Å². The third kappa shape index (κ3) is 6.64. The topological polar surface area (TPSA) is 80.2 Å². The highest BCUT2D eigenvalue weighted by atomic mass is 79.9. The van der Waals surface area contributed by atoms with Crippen LogP contribution in [0, 0.1) is 0 Å². The molecule has 1 aliphatic heterocycles. The van der Waals surface area contributed by atoms with Crippen LogP contribution in [0.15, 0.2) is 113 Å². The van der Waals surface area contributed by atoms with Gasteiger partial charge in [0.15, 0.2) is 11.6 Å². The van der Waals surface area contributed by atoms with E-state index < -0.39 is 11.6 Å². The normalized spacial score (nSPS) is 17.9. The molecule has 4 aromatic carbocycles. The number of nitrogens with one attached hydrogen (secondary N) is 1. The summed E-state index contributed by atoms with van der Waals surface area (Å²) in [4.78, 5) is 19.4. The smallest absolute Gasteiger partial charge is 0.252 e. The minimum Gasteiger partial charge on any atom is -0.494 e. The highest BCUT2D eigenvalue weighted by Crippen LogP contribution is 2.43. The minimum absolute atomic E-state index is 0.0712. The molecule has 41 heavy (non-hydrogen) atoms. The fraction of sp³-hybridized carbons (Fsp3) is 0.212. The van der Waals surface area contributed by atoms with Crippen molar-refractivity contribution in [3.05, 3.63) is 135 Å². The Bertz CT molecular complexity index is 1510.